The van der Waals surface area contributed by atoms with E-state index in [0.717, 1.165) is 13.8 Å². The molecule has 1 aromatic carbocycles. The number of carbonyl (C=O) groups excluding carboxylic acids is 3. The largest absolute Gasteiger partial charge is 0.456 e. The van der Waals surface area contributed by atoms with Crippen molar-refractivity contribution in [1.82, 2.24) is 5.32 Å². The zero-order chi connectivity index (χ0) is 25.5. The minimum absolute atomic E-state index is 0.000854. The van der Waals surface area contributed by atoms with Crippen molar-refractivity contribution < 1.29 is 45.9 Å². The van der Waals surface area contributed by atoms with Crippen LogP contribution in [-0.2, 0) is 47.6 Å². The van der Waals surface area contributed by atoms with Gasteiger partial charge in [-0.25, -0.2) is 0 Å². The second kappa shape index (κ2) is 12.1. The van der Waals surface area contributed by atoms with Gasteiger partial charge in [0.25, 0.3) is 10.1 Å². The summed E-state index contributed by atoms with van der Waals surface area (Å²) >= 11 is 0. The van der Waals surface area contributed by atoms with Gasteiger partial charge in [-0.2, -0.15) is 8.42 Å². The van der Waals surface area contributed by atoms with Gasteiger partial charge >= 0.3 is 11.9 Å². The van der Waals surface area contributed by atoms with Crippen LogP contribution < -0.4 is 5.32 Å². The van der Waals surface area contributed by atoms with Gasteiger partial charge in [0.2, 0.25) is 5.91 Å². The van der Waals surface area contributed by atoms with Crippen LogP contribution in [0.2, 0.25) is 0 Å². The molecule has 1 aliphatic rings. The second-order valence-electron chi connectivity index (χ2n) is 7.54. The van der Waals surface area contributed by atoms with Gasteiger partial charge in [-0.3, -0.25) is 18.6 Å². The first-order chi connectivity index (χ1) is 16.0. The molecule has 1 N–H and O–H groups in total. The third-order valence-electron chi connectivity index (χ3n) is 4.75. The molecule has 0 saturated carbocycles. The summed E-state index contributed by atoms with van der Waals surface area (Å²) in [6.07, 6.45) is -3.57. The van der Waals surface area contributed by atoms with E-state index in [1.807, 2.05) is 0 Å². The molecule has 1 fully saturated rings. The summed E-state index contributed by atoms with van der Waals surface area (Å²) in [6, 6.07) is 5.16. The number of nitrogens with one attached hydrogen (secondary N) is 1. The quantitative estimate of drug-likeness (QED) is 0.281. The highest BCUT2D eigenvalue weighted by Crippen LogP contribution is 2.29. The molecule has 34 heavy (non-hydrogen) atoms. The first-order valence-corrected chi connectivity index (χ1v) is 11.8. The average molecular weight is 500 g/mol. The predicted octanol–water partition coefficient (Wildman–Crippen LogP) is 0.996. The number of aryl methyl sites for hydroxylation is 1. The molecule has 0 spiro atoms. The monoisotopic (exact) mass is 499 g/mol. The Labute approximate surface area is 198 Å². The lowest BCUT2D eigenvalue weighted by Gasteiger charge is -2.44. The van der Waals surface area contributed by atoms with Crippen molar-refractivity contribution in [3.8, 4) is 0 Å². The number of esters is 2. The van der Waals surface area contributed by atoms with Crippen LogP contribution in [0.5, 0.6) is 0 Å². The Hall–Kier alpha value is -2.80. The Bertz CT molecular complexity index is 1010. The molecule has 0 aliphatic carbocycles. The van der Waals surface area contributed by atoms with Crippen molar-refractivity contribution >= 4 is 28.0 Å². The standard InChI is InChI=1S/C22H29NO10S/c1-6-11-29-22-19(23-14(3)24)21(32-16(5)26)20(31-15(4)25)17(33-22)12-30-34(27,28)18-10-8-7-9-13(18)2/h6-10,17,19-22H,1,11-12H2,2-5H3,(H,23,24)/t17-,19+,20-,21-,22+/m1/s1. The van der Waals surface area contributed by atoms with Crippen LogP contribution >= 0.6 is 0 Å². The van der Waals surface area contributed by atoms with E-state index >= 15 is 0 Å². The van der Waals surface area contributed by atoms with E-state index in [1.54, 1.807) is 25.1 Å². The van der Waals surface area contributed by atoms with Gasteiger partial charge in [-0.15, -0.1) is 6.58 Å². The molecular formula is C22H29NO10S. The Morgan fingerprint density at radius 1 is 1.09 bits per heavy atom. The zero-order valence-electron chi connectivity index (χ0n) is 19.4. The van der Waals surface area contributed by atoms with Crippen molar-refractivity contribution in [3.05, 3.63) is 42.5 Å². The lowest BCUT2D eigenvalue weighted by Crippen LogP contribution is -2.66. The van der Waals surface area contributed by atoms with Crippen LogP contribution in [0.15, 0.2) is 41.8 Å². The normalized spacial score (nSPS) is 24.6. The number of benzene rings is 1. The number of amides is 1. The molecule has 2 rings (SSSR count). The number of hydrogen-bond donors (Lipinski definition) is 1. The highest BCUT2D eigenvalue weighted by molar-refractivity contribution is 7.86. The molecule has 1 saturated heterocycles. The number of carbonyl (C=O) groups is 3. The van der Waals surface area contributed by atoms with E-state index in [-0.39, 0.29) is 11.5 Å². The highest BCUT2D eigenvalue weighted by atomic mass is 32.2. The van der Waals surface area contributed by atoms with E-state index in [0.29, 0.717) is 5.56 Å². The average Bonchev–Trinajstić information content (AvgIpc) is 2.73. The smallest absolute Gasteiger partial charge is 0.303 e. The molecule has 1 aromatic rings. The minimum atomic E-state index is -4.20. The first-order valence-electron chi connectivity index (χ1n) is 10.4. The summed E-state index contributed by atoms with van der Waals surface area (Å²) in [5.74, 6) is -1.96. The molecule has 0 unspecified atom stereocenters. The van der Waals surface area contributed by atoms with Gasteiger partial charge in [-0.1, -0.05) is 24.3 Å². The van der Waals surface area contributed by atoms with Gasteiger partial charge in [-0.05, 0) is 18.6 Å². The number of rotatable bonds is 10. The summed E-state index contributed by atoms with van der Waals surface area (Å²) in [7, 11) is -4.20. The van der Waals surface area contributed by atoms with E-state index in [2.05, 4.69) is 11.9 Å². The summed E-state index contributed by atoms with van der Waals surface area (Å²) in [5.41, 5.74) is 0.472. The molecule has 0 bridgehead atoms. The Morgan fingerprint density at radius 3 is 2.26 bits per heavy atom. The van der Waals surface area contributed by atoms with Crippen molar-refractivity contribution in [1.29, 1.82) is 0 Å². The fourth-order valence-electron chi connectivity index (χ4n) is 3.45. The minimum Gasteiger partial charge on any atom is -0.456 e. The molecule has 12 heteroatoms. The molecule has 1 heterocycles. The van der Waals surface area contributed by atoms with Crippen molar-refractivity contribution in [2.24, 2.45) is 0 Å². The van der Waals surface area contributed by atoms with E-state index < -0.39 is 65.2 Å². The van der Waals surface area contributed by atoms with Crippen LogP contribution in [0.1, 0.15) is 26.3 Å². The molecule has 1 amide bonds. The summed E-state index contributed by atoms with van der Waals surface area (Å²) in [6.45, 7) is 8.08. The lowest BCUT2D eigenvalue weighted by atomic mass is 9.96. The molecule has 188 valence electrons. The highest BCUT2D eigenvalue weighted by Gasteiger charge is 2.51. The van der Waals surface area contributed by atoms with Gasteiger partial charge in [0, 0.05) is 20.8 Å². The SMILES string of the molecule is C=CCO[C@H]1O[C@H](COS(=O)(=O)c2ccccc2C)[C@@H](OC(C)=O)[C@H](OC(C)=O)[C@@H]1NC(C)=O. The van der Waals surface area contributed by atoms with Gasteiger partial charge < -0.3 is 24.3 Å². The van der Waals surface area contributed by atoms with Crippen LogP contribution in [0.25, 0.3) is 0 Å². The first kappa shape index (κ1) is 27.4. The van der Waals surface area contributed by atoms with E-state index in [1.165, 1.54) is 19.1 Å². The molecule has 1 aliphatic heterocycles. The van der Waals surface area contributed by atoms with Gasteiger partial charge in [0.05, 0.1) is 18.1 Å². The fourth-order valence-corrected chi connectivity index (χ4v) is 4.60. The maximum Gasteiger partial charge on any atom is 0.303 e. The van der Waals surface area contributed by atoms with Crippen LogP contribution in [0, 0.1) is 6.92 Å². The molecule has 0 radical (unpaired) electrons. The molecular weight excluding hydrogens is 470 g/mol. The number of hydrogen-bond acceptors (Lipinski definition) is 10. The predicted molar refractivity (Wildman–Crippen MR) is 118 cm³/mol. The van der Waals surface area contributed by atoms with Crippen LogP contribution in [0.4, 0.5) is 0 Å². The van der Waals surface area contributed by atoms with Crippen molar-refractivity contribution in [3.63, 3.8) is 0 Å². The van der Waals surface area contributed by atoms with E-state index in [9.17, 15) is 22.8 Å². The maximum atomic E-state index is 12.8. The molecule has 5 atom stereocenters. The molecule has 11 nitrogen and oxygen atoms in total. The Kier molecular flexibility index (Phi) is 9.74. The van der Waals surface area contributed by atoms with E-state index in [4.69, 9.17) is 23.1 Å². The van der Waals surface area contributed by atoms with Gasteiger partial charge in [0.15, 0.2) is 18.5 Å². The second-order valence-corrected chi connectivity index (χ2v) is 9.13. The number of ether oxygens (including phenoxy) is 4. The van der Waals surface area contributed by atoms with Gasteiger partial charge in [0.1, 0.15) is 12.1 Å². The molecule has 0 aromatic heterocycles. The Balaban J connectivity index is 2.40. The third kappa shape index (κ3) is 7.35. The van der Waals surface area contributed by atoms with Crippen molar-refractivity contribution in [2.45, 2.75) is 63.2 Å². The van der Waals surface area contributed by atoms with Crippen LogP contribution in [-0.4, -0.2) is 70.1 Å². The maximum absolute atomic E-state index is 12.8. The Morgan fingerprint density at radius 2 is 1.71 bits per heavy atom. The van der Waals surface area contributed by atoms with Crippen molar-refractivity contribution in [2.75, 3.05) is 13.2 Å². The summed E-state index contributed by atoms with van der Waals surface area (Å²) < 4.78 is 52.9. The summed E-state index contributed by atoms with van der Waals surface area (Å²) in [5, 5.41) is 2.57. The van der Waals surface area contributed by atoms with Crippen LogP contribution in [0.3, 0.4) is 0 Å². The summed E-state index contributed by atoms with van der Waals surface area (Å²) in [4.78, 5) is 35.5. The zero-order valence-corrected chi connectivity index (χ0v) is 20.2. The third-order valence-corrected chi connectivity index (χ3v) is 6.19. The fraction of sp³-hybridized carbons (Fsp3) is 0.500. The topological polar surface area (TPSA) is 144 Å². The lowest BCUT2D eigenvalue weighted by molar-refractivity contribution is -0.272.